The van der Waals surface area contributed by atoms with Crippen LogP contribution in [0.25, 0.3) is 0 Å². The van der Waals surface area contributed by atoms with Crippen molar-refractivity contribution in [1.82, 2.24) is 0 Å². The molecule has 1 nitrogen and oxygen atoms in total. The number of nitriles is 1. The summed E-state index contributed by atoms with van der Waals surface area (Å²) in [6.07, 6.45) is 19.1. The molecular formula is C23H39N. The van der Waals surface area contributed by atoms with Crippen LogP contribution in [-0.4, -0.2) is 0 Å². The van der Waals surface area contributed by atoms with Crippen LogP contribution in [0, 0.1) is 46.3 Å². The summed E-state index contributed by atoms with van der Waals surface area (Å²) in [5, 5.41) is 9.91. The van der Waals surface area contributed by atoms with E-state index >= 15 is 0 Å². The molecule has 0 aromatic heterocycles. The number of hydrogen-bond acceptors (Lipinski definition) is 1. The van der Waals surface area contributed by atoms with Crippen molar-refractivity contribution < 1.29 is 0 Å². The highest BCUT2D eigenvalue weighted by molar-refractivity contribution is 5.06. The Morgan fingerprint density at radius 3 is 2.46 bits per heavy atom. The monoisotopic (exact) mass is 329 g/mol. The van der Waals surface area contributed by atoms with Crippen molar-refractivity contribution in [2.45, 2.75) is 104 Å². The van der Waals surface area contributed by atoms with Gasteiger partial charge in [0.05, 0.1) is 11.5 Å². The SMILES string of the molecule is CCCCC[C@@]1(C#N)CCC2C(CCC3C[C@@H](CCC)CCC32)C1. The van der Waals surface area contributed by atoms with Gasteiger partial charge in [-0.25, -0.2) is 0 Å². The lowest BCUT2D eigenvalue weighted by molar-refractivity contribution is -0.0180. The number of hydrogen-bond donors (Lipinski definition) is 0. The first-order valence-electron chi connectivity index (χ1n) is 11.1. The topological polar surface area (TPSA) is 23.8 Å². The minimum atomic E-state index is 0.0442. The van der Waals surface area contributed by atoms with E-state index in [4.69, 9.17) is 0 Å². The Bertz CT molecular complexity index is 436. The van der Waals surface area contributed by atoms with E-state index in [-0.39, 0.29) is 5.41 Å². The van der Waals surface area contributed by atoms with Gasteiger partial charge in [-0.15, -0.1) is 0 Å². The lowest BCUT2D eigenvalue weighted by atomic mass is 9.52. The molecule has 6 atom stereocenters. The fourth-order valence-electron chi connectivity index (χ4n) is 6.79. The van der Waals surface area contributed by atoms with Crippen LogP contribution in [0.5, 0.6) is 0 Å². The van der Waals surface area contributed by atoms with E-state index in [1.807, 2.05) is 0 Å². The van der Waals surface area contributed by atoms with Gasteiger partial charge >= 0.3 is 0 Å². The number of rotatable bonds is 6. The highest BCUT2D eigenvalue weighted by Gasteiger charge is 2.48. The van der Waals surface area contributed by atoms with Gasteiger partial charge in [-0.05, 0) is 81.0 Å². The standard InChI is InChI=1S/C23H39N/c1-3-5-6-13-23(17-24)14-12-22-20(16-23)10-9-19-15-18(7-4-2)8-11-21(19)22/h18-22H,3-16H2,1-2H3/t18-,19?,20?,21?,22?,23+/m0/s1. The summed E-state index contributed by atoms with van der Waals surface area (Å²) in [5.74, 6) is 4.93. The minimum absolute atomic E-state index is 0.0442. The molecular weight excluding hydrogens is 290 g/mol. The molecule has 1 heteroatoms. The van der Waals surface area contributed by atoms with E-state index in [1.54, 1.807) is 0 Å². The first-order valence-corrected chi connectivity index (χ1v) is 11.1. The molecule has 0 bridgehead atoms. The molecule has 3 saturated carbocycles. The molecule has 0 heterocycles. The van der Waals surface area contributed by atoms with Crippen molar-refractivity contribution in [3.63, 3.8) is 0 Å². The highest BCUT2D eigenvalue weighted by Crippen LogP contribution is 2.57. The first kappa shape index (κ1) is 18.3. The first-order chi connectivity index (χ1) is 11.7. The van der Waals surface area contributed by atoms with Crippen molar-refractivity contribution in [1.29, 1.82) is 5.26 Å². The largest absolute Gasteiger partial charge is 0.198 e. The molecule has 0 aromatic carbocycles. The van der Waals surface area contributed by atoms with Crippen molar-refractivity contribution in [3.8, 4) is 6.07 Å². The molecule has 0 amide bonds. The Morgan fingerprint density at radius 2 is 1.71 bits per heavy atom. The van der Waals surface area contributed by atoms with Crippen LogP contribution in [0.15, 0.2) is 0 Å². The van der Waals surface area contributed by atoms with Crippen molar-refractivity contribution in [2.24, 2.45) is 35.0 Å². The molecule has 3 fully saturated rings. The van der Waals surface area contributed by atoms with Gasteiger partial charge in [0.15, 0.2) is 0 Å². The van der Waals surface area contributed by atoms with Crippen LogP contribution in [0.2, 0.25) is 0 Å². The van der Waals surface area contributed by atoms with Crippen LogP contribution in [0.3, 0.4) is 0 Å². The Hall–Kier alpha value is -0.510. The van der Waals surface area contributed by atoms with Gasteiger partial charge in [-0.2, -0.15) is 5.26 Å². The Balaban J connectivity index is 1.60. The van der Waals surface area contributed by atoms with Gasteiger partial charge in [-0.3, -0.25) is 0 Å². The average molecular weight is 330 g/mol. The molecule has 3 rings (SSSR count). The quantitative estimate of drug-likeness (QED) is 0.476. The van der Waals surface area contributed by atoms with Crippen LogP contribution in [-0.2, 0) is 0 Å². The van der Waals surface area contributed by atoms with Gasteiger partial charge in [0.1, 0.15) is 0 Å². The zero-order valence-electron chi connectivity index (χ0n) is 16.2. The number of fused-ring (bicyclic) bond motifs is 3. The predicted octanol–water partition coefficient (Wildman–Crippen LogP) is 7.12. The third-order valence-electron chi connectivity index (χ3n) is 8.02. The Morgan fingerprint density at radius 1 is 0.917 bits per heavy atom. The molecule has 0 saturated heterocycles. The van der Waals surface area contributed by atoms with E-state index in [0.717, 1.165) is 29.6 Å². The number of unbranched alkanes of at least 4 members (excludes halogenated alkanes) is 2. The van der Waals surface area contributed by atoms with Crippen LogP contribution < -0.4 is 0 Å². The Kier molecular flexibility index (Phi) is 6.28. The average Bonchev–Trinajstić information content (AvgIpc) is 2.61. The lowest BCUT2D eigenvalue weighted by Gasteiger charge is -2.52. The molecule has 0 aliphatic heterocycles. The van der Waals surface area contributed by atoms with Gasteiger partial charge in [0.25, 0.3) is 0 Å². The summed E-state index contributed by atoms with van der Waals surface area (Å²) in [6.45, 7) is 4.62. The molecule has 0 aromatic rings. The molecule has 3 aliphatic rings. The smallest absolute Gasteiger partial charge is 0.0689 e. The van der Waals surface area contributed by atoms with Crippen LogP contribution in [0.4, 0.5) is 0 Å². The second-order valence-electron chi connectivity index (χ2n) is 9.49. The second kappa shape index (κ2) is 8.25. The maximum absolute atomic E-state index is 9.91. The van der Waals surface area contributed by atoms with Gasteiger partial charge < -0.3 is 0 Å². The fourth-order valence-corrected chi connectivity index (χ4v) is 6.79. The van der Waals surface area contributed by atoms with Gasteiger partial charge in [-0.1, -0.05) is 52.4 Å². The van der Waals surface area contributed by atoms with Crippen molar-refractivity contribution in [3.05, 3.63) is 0 Å². The molecule has 0 radical (unpaired) electrons. The van der Waals surface area contributed by atoms with Crippen LogP contribution in [0.1, 0.15) is 104 Å². The van der Waals surface area contributed by atoms with Gasteiger partial charge in [0, 0.05) is 0 Å². The van der Waals surface area contributed by atoms with E-state index in [2.05, 4.69) is 19.9 Å². The summed E-state index contributed by atoms with van der Waals surface area (Å²) in [4.78, 5) is 0. The van der Waals surface area contributed by atoms with E-state index in [9.17, 15) is 5.26 Å². The fraction of sp³-hybridized carbons (Fsp3) is 0.957. The van der Waals surface area contributed by atoms with Gasteiger partial charge in [0.2, 0.25) is 0 Å². The molecule has 3 aliphatic carbocycles. The molecule has 24 heavy (non-hydrogen) atoms. The Labute approximate surface area is 150 Å². The zero-order valence-corrected chi connectivity index (χ0v) is 16.2. The normalized spacial score (nSPS) is 42.0. The van der Waals surface area contributed by atoms with E-state index in [1.165, 1.54) is 89.9 Å². The second-order valence-corrected chi connectivity index (χ2v) is 9.49. The summed E-state index contributed by atoms with van der Waals surface area (Å²) < 4.78 is 0. The van der Waals surface area contributed by atoms with Crippen LogP contribution >= 0.6 is 0 Å². The zero-order chi connectivity index (χ0) is 17.0. The molecule has 0 N–H and O–H groups in total. The molecule has 4 unspecified atom stereocenters. The lowest BCUT2D eigenvalue weighted by Crippen LogP contribution is -2.44. The maximum Gasteiger partial charge on any atom is 0.0689 e. The van der Waals surface area contributed by atoms with Crippen molar-refractivity contribution >= 4 is 0 Å². The molecule has 136 valence electrons. The predicted molar refractivity (Wildman–Crippen MR) is 101 cm³/mol. The summed E-state index contributed by atoms with van der Waals surface area (Å²) >= 11 is 0. The maximum atomic E-state index is 9.91. The summed E-state index contributed by atoms with van der Waals surface area (Å²) in [7, 11) is 0. The third-order valence-corrected chi connectivity index (χ3v) is 8.02. The summed E-state index contributed by atoms with van der Waals surface area (Å²) in [6, 6.07) is 2.81. The van der Waals surface area contributed by atoms with E-state index in [0.29, 0.717) is 0 Å². The van der Waals surface area contributed by atoms with Crippen molar-refractivity contribution in [2.75, 3.05) is 0 Å². The summed E-state index contributed by atoms with van der Waals surface area (Å²) in [5.41, 5.74) is 0.0442. The third kappa shape index (κ3) is 3.84. The minimum Gasteiger partial charge on any atom is -0.198 e. The molecule has 0 spiro atoms. The highest BCUT2D eigenvalue weighted by atomic mass is 14.5. The van der Waals surface area contributed by atoms with E-state index < -0.39 is 0 Å². The number of nitrogens with zero attached hydrogens (tertiary/aromatic N) is 1.